The number of methoxy groups -OCH3 is 1. The molecule has 0 bridgehead atoms. The van der Waals surface area contributed by atoms with Crippen molar-refractivity contribution in [3.63, 3.8) is 0 Å². The molecule has 2 aromatic heterocycles. The van der Waals surface area contributed by atoms with Crippen LogP contribution in [-0.2, 0) is 11.2 Å². The van der Waals surface area contributed by atoms with Crippen LogP contribution in [0, 0.1) is 0 Å². The van der Waals surface area contributed by atoms with Gasteiger partial charge in [0.2, 0.25) is 17.6 Å². The zero-order valence-electron chi connectivity index (χ0n) is 13.2. The molecule has 1 aromatic carbocycles. The Morgan fingerprint density at radius 2 is 2.08 bits per heavy atom. The lowest BCUT2D eigenvalue weighted by atomic mass is 10.2. The lowest BCUT2D eigenvalue weighted by Crippen LogP contribution is -2.11. The third-order valence-corrected chi connectivity index (χ3v) is 3.38. The molecule has 0 aliphatic carbocycles. The Kier molecular flexibility index (Phi) is 4.90. The summed E-state index contributed by atoms with van der Waals surface area (Å²) >= 11 is 0. The van der Waals surface area contributed by atoms with Gasteiger partial charge in [-0.05, 0) is 42.8 Å². The Bertz CT molecular complexity index is 779. The van der Waals surface area contributed by atoms with Crippen molar-refractivity contribution in [3.05, 3.63) is 48.6 Å². The van der Waals surface area contributed by atoms with Gasteiger partial charge < -0.3 is 19.0 Å². The van der Waals surface area contributed by atoms with E-state index in [9.17, 15) is 4.79 Å². The maximum atomic E-state index is 11.9. The topological polar surface area (TPSA) is 90.4 Å². The summed E-state index contributed by atoms with van der Waals surface area (Å²) in [4.78, 5) is 16.2. The highest BCUT2D eigenvalue weighted by molar-refractivity contribution is 5.90. The monoisotopic (exact) mass is 327 g/mol. The van der Waals surface area contributed by atoms with Crippen molar-refractivity contribution in [3.8, 4) is 17.3 Å². The van der Waals surface area contributed by atoms with Gasteiger partial charge in [-0.25, -0.2) is 0 Å². The number of furan rings is 1. The van der Waals surface area contributed by atoms with Crippen molar-refractivity contribution < 1.29 is 18.5 Å². The third-order valence-electron chi connectivity index (χ3n) is 3.38. The fourth-order valence-electron chi connectivity index (χ4n) is 2.16. The van der Waals surface area contributed by atoms with Gasteiger partial charge in [0, 0.05) is 18.5 Å². The minimum atomic E-state index is -0.0639. The summed E-state index contributed by atoms with van der Waals surface area (Å²) in [7, 11) is 1.60. The molecule has 1 N–H and O–H groups in total. The number of benzene rings is 1. The van der Waals surface area contributed by atoms with E-state index in [1.165, 1.54) is 0 Å². The van der Waals surface area contributed by atoms with Crippen LogP contribution >= 0.6 is 0 Å². The number of nitrogens with one attached hydrogen (secondary N) is 1. The van der Waals surface area contributed by atoms with E-state index in [1.807, 2.05) is 0 Å². The maximum Gasteiger partial charge on any atom is 0.238 e. The van der Waals surface area contributed by atoms with Crippen LogP contribution in [0.1, 0.15) is 18.7 Å². The van der Waals surface area contributed by atoms with Crippen LogP contribution < -0.4 is 10.1 Å². The Balaban J connectivity index is 1.45. The average Bonchev–Trinajstić information content (AvgIpc) is 3.27. The van der Waals surface area contributed by atoms with Crippen molar-refractivity contribution in [2.45, 2.75) is 19.3 Å². The highest BCUT2D eigenvalue weighted by atomic mass is 16.5. The van der Waals surface area contributed by atoms with Gasteiger partial charge in [-0.1, -0.05) is 5.16 Å². The second-order valence-corrected chi connectivity index (χ2v) is 5.12. The predicted octanol–water partition coefficient (Wildman–Crippen LogP) is 3.30. The molecule has 0 unspecified atom stereocenters. The molecular weight excluding hydrogens is 310 g/mol. The Morgan fingerprint density at radius 3 is 2.79 bits per heavy atom. The zero-order valence-corrected chi connectivity index (χ0v) is 13.2. The summed E-state index contributed by atoms with van der Waals surface area (Å²) in [6, 6.07) is 10.7. The van der Waals surface area contributed by atoms with Crippen molar-refractivity contribution in [1.82, 2.24) is 10.1 Å². The summed E-state index contributed by atoms with van der Waals surface area (Å²) in [5.74, 6) is 2.14. The molecule has 0 radical (unpaired) electrons. The van der Waals surface area contributed by atoms with Gasteiger partial charge in [-0.2, -0.15) is 4.98 Å². The molecule has 3 aromatic rings. The smallest absolute Gasteiger partial charge is 0.238 e. The van der Waals surface area contributed by atoms with Crippen molar-refractivity contribution in [2.75, 3.05) is 12.4 Å². The maximum absolute atomic E-state index is 11.9. The molecule has 0 fully saturated rings. The fourth-order valence-corrected chi connectivity index (χ4v) is 2.16. The molecule has 0 saturated carbocycles. The Hall–Kier alpha value is -3.09. The first-order chi connectivity index (χ1) is 11.7. The van der Waals surface area contributed by atoms with E-state index in [1.54, 1.807) is 49.8 Å². The summed E-state index contributed by atoms with van der Waals surface area (Å²) in [5.41, 5.74) is 0.735. The Labute approximate surface area is 138 Å². The van der Waals surface area contributed by atoms with E-state index in [4.69, 9.17) is 13.7 Å². The summed E-state index contributed by atoms with van der Waals surface area (Å²) < 4.78 is 15.4. The van der Waals surface area contributed by atoms with E-state index in [0.29, 0.717) is 36.7 Å². The molecule has 0 spiro atoms. The first-order valence-electron chi connectivity index (χ1n) is 7.55. The van der Waals surface area contributed by atoms with Crippen LogP contribution in [0.3, 0.4) is 0 Å². The number of amides is 1. The van der Waals surface area contributed by atoms with Gasteiger partial charge in [0.05, 0.1) is 13.4 Å². The number of anilines is 1. The van der Waals surface area contributed by atoms with Gasteiger partial charge in [-0.3, -0.25) is 4.79 Å². The molecule has 24 heavy (non-hydrogen) atoms. The number of hydrogen-bond donors (Lipinski definition) is 1. The van der Waals surface area contributed by atoms with Gasteiger partial charge in [-0.15, -0.1) is 0 Å². The summed E-state index contributed by atoms with van der Waals surface area (Å²) in [5, 5.41) is 6.68. The van der Waals surface area contributed by atoms with Crippen LogP contribution in [0.4, 0.5) is 5.69 Å². The van der Waals surface area contributed by atoms with Gasteiger partial charge in [0.25, 0.3) is 0 Å². The minimum Gasteiger partial charge on any atom is -0.497 e. The first-order valence-corrected chi connectivity index (χ1v) is 7.55. The molecule has 3 rings (SSSR count). The minimum absolute atomic E-state index is 0.0639. The van der Waals surface area contributed by atoms with Crippen molar-refractivity contribution >= 4 is 11.6 Å². The average molecular weight is 327 g/mol. The largest absolute Gasteiger partial charge is 0.497 e. The molecule has 0 aliphatic heterocycles. The van der Waals surface area contributed by atoms with E-state index in [-0.39, 0.29) is 5.91 Å². The second-order valence-electron chi connectivity index (χ2n) is 5.12. The summed E-state index contributed by atoms with van der Waals surface area (Å²) in [6.45, 7) is 0. The zero-order chi connectivity index (χ0) is 16.8. The number of rotatable bonds is 7. The predicted molar refractivity (Wildman–Crippen MR) is 86.6 cm³/mol. The number of nitrogens with zero attached hydrogens (tertiary/aromatic N) is 2. The van der Waals surface area contributed by atoms with Crippen molar-refractivity contribution in [1.29, 1.82) is 0 Å². The van der Waals surface area contributed by atoms with E-state index in [2.05, 4.69) is 15.5 Å². The van der Waals surface area contributed by atoms with Crippen molar-refractivity contribution in [2.24, 2.45) is 0 Å². The SMILES string of the molecule is COc1ccc(NC(=O)CCCc2nc(-c3ccco3)no2)cc1. The molecule has 1 amide bonds. The number of hydrogen-bond acceptors (Lipinski definition) is 6. The Morgan fingerprint density at radius 1 is 1.25 bits per heavy atom. The molecular formula is C17H17N3O4. The fraction of sp³-hybridized carbons (Fsp3) is 0.235. The quantitative estimate of drug-likeness (QED) is 0.716. The van der Waals surface area contributed by atoms with Crippen LogP contribution in [0.5, 0.6) is 5.75 Å². The molecule has 0 saturated heterocycles. The van der Waals surface area contributed by atoms with Gasteiger partial charge in [0.15, 0.2) is 5.76 Å². The van der Waals surface area contributed by atoms with Gasteiger partial charge in [0.1, 0.15) is 5.75 Å². The highest BCUT2D eigenvalue weighted by Gasteiger charge is 2.11. The number of aromatic nitrogens is 2. The number of carbonyl (C=O) groups is 1. The van der Waals surface area contributed by atoms with Crippen LogP contribution in [-0.4, -0.2) is 23.2 Å². The number of ether oxygens (including phenoxy) is 1. The number of carbonyl (C=O) groups excluding carboxylic acids is 1. The van der Waals surface area contributed by atoms with Crippen LogP contribution in [0.2, 0.25) is 0 Å². The van der Waals surface area contributed by atoms with Crippen LogP contribution in [0.15, 0.2) is 51.6 Å². The molecule has 7 heteroatoms. The first kappa shape index (κ1) is 15.8. The van der Waals surface area contributed by atoms with Gasteiger partial charge >= 0.3 is 0 Å². The lowest BCUT2D eigenvalue weighted by Gasteiger charge is -2.05. The summed E-state index contributed by atoms with van der Waals surface area (Å²) in [6.07, 6.45) is 3.06. The standard InChI is InChI=1S/C17H17N3O4/c1-22-13-9-7-12(8-10-13)18-15(21)5-2-6-16-19-17(20-24-16)14-4-3-11-23-14/h3-4,7-11H,2,5-6H2,1H3,(H,18,21). The van der Waals surface area contributed by atoms with E-state index >= 15 is 0 Å². The lowest BCUT2D eigenvalue weighted by molar-refractivity contribution is -0.116. The second kappa shape index (κ2) is 7.45. The number of aryl methyl sites for hydroxylation is 1. The van der Waals surface area contributed by atoms with Crippen LogP contribution in [0.25, 0.3) is 11.6 Å². The highest BCUT2D eigenvalue weighted by Crippen LogP contribution is 2.17. The molecule has 7 nitrogen and oxygen atoms in total. The van der Waals surface area contributed by atoms with E-state index < -0.39 is 0 Å². The third kappa shape index (κ3) is 4.01. The normalized spacial score (nSPS) is 10.5. The molecule has 2 heterocycles. The molecule has 0 atom stereocenters. The molecule has 0 aliphatic rings. The van der Waals surface area contributed by atoms with E-state index in [0.717, 1.165) is 11.4 Å². The molecule has 124 valence electrons.